The molecule has 0 spiro atoms. The van der Waals surface area contributed by atoms with Crippen LogP contribution in [0.5, 0.6) is 0 Å². The van der Waals surface area contributed by atoms with Gasteiger partial charge in [-0.15, -0.1) is 0 Å². The summed E-state index contributed by atoms with van der Waals surface area (Å²) in [5, 5.41) is 7.34. The molecule has 3 aromatic carbocycles. The predicted octanol–water partition coefficient (Wildman–Crippen LogP) is 9.32. The molecular weight excluding hydrogens is 716 g/mol. The van der Waals surface area contributed by atoms with Gasteiger partial charge in [0.25, 0.3) is 0 Å². The lowest BCUT2D eigenvalue weighted by atomic mass is 9.84. The molecule has 2 fully saturated rings. The van der Waals surface area contributed by atoms with Gasteiger partial charge in [-0.1, -0.05) is 36.4 Å². The summed E-state index contributed by atoms with van der Waals surface area (Å²) in [6.07, 6.45) is 10.1. The number of nitrogens with zero attached hydrogens (tertiary/aromatic N) is 3. The summed E-state index contributed by atoms with van der Waals surface area (Å²) < 4.78 is 47.7. The first kappa shape index (κ1) is 39.0. The van der Waals surface area contributed by atoms with Crippen molar-refractivity contribution in [3.8, 4) is 11.1 Å². The van der Waals surface area contributed by atoms with Crippen molar-refractivity contribution in [1.29, 1.82) is 0 Å². The zero-order valence-corrected chi connectivity index (χ0v) is 32.4. The Balaban J connectivity index is 0.000000172. The van der Waals surface area contributed by atoms with Gasteiger partial charge in [0.15, 0.2) is 0 Å². The van der Waals surface area contributed by atoms with Crippen molar-refractivity contribution in [1.82, 2.24) is 20.6 Å². The SMILES string of the molecule is CC(C)(C)OC(=O)NCC1=NNC(=C2CCC2)c2ccc(C3(C=O)CC3)cc21.CN(Cc1ccc(-c2c(F)cccc2F)cn1)C1CCCc2cccc(F)c21. The van der Waals surface area contributed by atoms with E-state index in [4.69, 9.17) is 4.74 Å². The van der Waals surface area contributed by atoms with Crippen LogP contribution in [0, 0.1) is 17.5 Å². The highest BCUT2D eigenvalue weighted by Crippen LogP contribution is 2.47. The molecule has 1 atom stereocenters. The summed E-state index contributed by atoms with van der Waals surface area (Å²) in [6.45, 7) is 6.28. The second-order valence-electron chi connectivity index (χ2n) is 16.2. The molecule has 2 heterocycles. The lowest BCUT2D eigenvalue weighted by Gasteiger charge is -2.33. The lowest BCUT2D eigenvalue weighted by Crippen LogP contribution is -2.37. The van der Waals surface area contributed by atoms with E-state index in [1.54, 1.807) is 18.2 Å². The van der Waals surface area contributed by atoms with Gasteiger partial charge in [0.2, 0.25) is 0 Å². The molecule has 1 amide bonds. The minimum atomic E-state index is -0.610. The number of allylic oxidation sites excluding steroid dienone is 1. The van der Waals surface area contributed by atoms with E-state index < -0.39 is 23.3 Å². The number of benzene rings is 3. The van der Waals surface area contributed by atoms with Gasteiger partial charge in [0.05, 0.1) is 34.6 Å². The zero-order chi connectivity index (χ0) is 39.6. The monoisotopic (exact) mass is 763 g/mol. The summed E-state index contributed by atoms with van der Waals surface area (Å²) in [6, 6.07) is 18.7. The van der Waals surface area contributed by atoms with Crippen molar-refractivity contribution < 1.29 is 27.5 Å². The fourth-order valence-corrected chi connectivity index (χ4v) is 7.69. The standard InChI is InChI=1S/C23H21F3N2.C22H27N3O3/c1-28(21-10-3-6-15-5-2-7-20(26)23(15)21)14-17-12-11-16(13-27-17)22-18(24)8-4-9-19(22)25;1-21(2,3)28-20(27)23-12-18-17-11-15(22(13-26)9-10-22)7-8-16(17)19(25-24-18)14-5-4-6-14/h2,4-5,7-9,11-13,21H,3,6,10,14H2,1H3;7-8,11,13,25H,4-6,9-10,12H2,1-3H3,(H,23,27). The normalized spacial score (nSPS) is 17.9. The van der Waals surface area contributed by atoms with Crippen LogP contribution in [-0.4, -0.2) is 47.2 Å². The zero-order valence-electron chi connectivity index (χ0n) is 32.4. The maximum absolute atomic E-state index is 14.4. The number of hydrogen-bond donors (Lipinski definition) is 2. The molecule has 1 aromatic heterocycles. The lowest BCUT2D eigenvalue weighted by molar-refractivity contribution is -0.109. The molecule has 1 aliphatic heterocycles. The second kappa shape index (κ2) is 16.1. The van der Waals surface area contributed by atoms with Crippen molar-refractivity contribution >= 4 is 23.8 Å². The number of aryl methyl sites for hydroxylation is 1. The Labute approximate surface area is 326 Å². The number of alkyl carbamates (subject to hydrolysis) is 1. The number of fused-ring (bicyclic) bond motifs is 2. The van der Waals surface area contributed by atoms with Gasteiger partial charge >= 0.3 is 6.09 Å². The Hall–Kier alpha value is -5.29. The topological polar surface area (TPSA) is 95.9 Å². The number of carbonyl (C=O) groups is 2. The summed E-state index contributed by atoms with van der Waals surface area (Å²) in [4.78, 5) is 30.1. The van der Waals surface area contributed by atoms with Crippen molar-refractivity contribution in [2.75, 3.05) is 13.6 Å². The highest BCUT2D eigenvalue weighted by atomic mass is 19.1. The first-order valence-corrected chi connectivity index (χ1v) is 19.4. The molecule has 0 saturated heterocycles. The first-order valence-electron chi connectivity index (χ1n) is 19.4. The first-order chi connectivity index (χ1) is 26.9. The summed E-state index contributed by atoms with van der Waals surface area (Å²) in [5.74, 6) is -1.38. The molecule has 8 rings (SSSR count). The summed E-state index contributed by atoms with van der Waals surface area (Å²) >= 11 is 0. The molecule has 8 nitrogen and oxygen atoms in total. The summed E-state index contributed by atoms with van der Waals surface area (Å²) in [5.41, 5.74) is 11.6. The van der Waals surface area contributed by atoms with Crippen LogP contribution in [0.25, 0.3) is 16.8 Å². The number of hydrogen-bond acceptors (Lipinski definition) is 7. The number of nitrogens with one attached hydrogen (secondary N) is 2. The van der Waals surface area contributed by atoms with E-state index in [-0.39, 0.29) is 29.4 Å². The number of pyridine rings is 1. The third-order valence-electron chi connectivity index (χ3n) is 11.0. The molecule has 0 bridgehead atoms. The van der Waals surface area contributed by atoms with Crippen LogP contribution in [0.3, 0.4) is 0 Å². The van der Waals surface area contributed by atoms with Crippen molar-refractivity contribution in [3.63, 3.8) is 0 Å². The fraction of sp³-hybridized carbons (Fsp3) is 0.378. The van der Waals surface area contributed by atoms with E-state index in [1.807, 2.05) is 33.9 Å². The van der Waals surface area contributed by atoms with Crippen molar-refractivity contribution in [2.24, 2.45) is 5.10 Å². The van der Waals surface area contributed by atoms with Crippen LogP contribution in [-0.2, 0) is 27.9 Å². The van der Waals surface area contributed by atoms with Gasteiger partial charge < -0.3 is 14.8 Å². The Morgan fingerprint density at radius 2 is 1.70 bits per heavy atom. The molecule has 4 aliphatic rings. The van der Waals surface area contributed by atoms with Crippen LogP contribution < -0.4 is 10.7 Å². The maximum Gasteiger partial charge on any atom is 0.407 e. The largest absolute Gasteiger partial charge is 0.444 e. The van der Waals surface area contributed by atoms with E-state index in [0.717, 1.165) is 96.2 Å². The molecule has 4 aromatic rings. The Kier molecular flexibility index (Phi) is 11.2. The van der Waals surface area contributed by atoms with Crippen molar-refractivity contribution in [2.45, 2.75) is 95.7 Å². The quantitative estimate of drug-likeness (QED) is 0.174. The number of aldehydes is 1. The fourth-order valence-electron chi connectivity index (χ4n) is 7.69. The van der Waals surface area contributed by atoms with Crippen LogP contribution >= 0.6 is 0 Å². The molecule has 2 saturated carbocycles. The van der Waals surface area contributed by atoms with Crippen LogP contribution in [0.1, 0.15) is 105 Å². The minimum Gasteiger partial charge on any atom is -0.444 e. The number of amides is 1. The molecule has 1 unspecified atom stereocenters. The number of halogens is 3. The molecular formula is C45H48F3N5O3. The molecule has 0 radical (unpaired) electrons. The van der Waals surface area contributed by atoms with Crippen LogP contribution in [0.4, 0.5) is 18.0 Å². The molecule has 56 heavy (non-hydrogen) atoms. The Morgan fingerprint density at radius 1 is 0.964 bits per heavy atom. The predicted molar refractivity (Wildman–Crippen MR) is 211 cm³/mol. The van der Waals surface area contributed by atoms with E-state index in [2.05, 4.69) is 43.9 Å². The smallest absolute Gasteiger partial charge is 0.407 e. The van der Waals surface area contributed by atoms with E-state index in [9.17, 15) is 22.8 Å². The second-order valence-corrected chi connectivity index (χ2v) is 16.2. The van der Waals surface area contributed by atoms with Crippen molar-refractivity contribution in [3.05, 3.63) is 129 Å². The van der Waals surface area contributed by atoms with Gasteiger partial charge in [-0.2, -0.15) is 5.10 Å². The molecule has 2 N–H and O–H groups in total. The van der Waals surface area contributed by atoms with E-state index in [1.165, 1.54) is 42.5 Å². The highest BCUT2D eigenvalue weighted by molar-refractivity contribution is 6.08. The number of ether oxygens (including phenoxy) is 1. The van der Waals surface area contributed by atoms with Crippen LogP contribution in [0.2, 0.25) is 0 Å². The van der Waals surface area contributed by atoms with Gasteiger partial charge in [0, 0.05) is 41.0 Å². The van der Waals surface area contributed by atoms with Gasteiger partial charge in [-0.05, 0) is 126 Å². The Bertz CT molecular complexity index is 2160. The number of carbonyl (C=O) groups excluding carboxylic acids is 2. The number of aromatic nitrogens is 1. The molecule has 3 aliphatic carbocycles. The van der Waals surface area contributed by atoms with Gasteiger partial charge in [-0.25, -0.2) is 18.0 Å². The number of rotatable bonds is 8. The third-order valence-corrected chi connectivity index (χ3v) is 11.0. The highest BCUT2D eigenvalue weighted by Gasteiger charge is 2.45. The number of hydrazone groups is 1. The molecule has 11 heteroatoms. The minimum absolute atomic E-state index is 0.00422. The molecule has 292 valence electrons. The van der Waals surface area contributed by atoms with Gasteiger partial charge in [-0.3, -0.25) is 15.3 Å². The average Bonchev–Trinajstić information content (AvgIpc) is 3.95. The van der Waals surface area contributed by atoms with Gasteiger partial charge in [0.1, 0.15) is 29.3 Å². The van der Waals surface area contributed by atoms with E-state index >= 15 is 0 Å². The summed E-state index contributed by atoms with van der Waals surface area (Å²) in [7, 11) is 1.96. The maximum atomic E-state index is 14.4. The Morgan fingerprint density at radius 3 is 2.34 bits per heavy atom. The third kappa shape index (κ3) is 8.43. The van der Waals surface area contributed by atoms with Crippen LogP contribution in [0.15, 0.2) is 83.6 Å². The van der Waals surface area contributed by atoms with E-state index in [0.29, 0.717) is 12.1 Å². The average molecular weight is 764 g/mol.